The van der Waals surface area contributed by atoms with Gasteiger partial charge in [0.1, 0.15) is 24.4 Å². The smallest absolute Gasteiger partial charge is 0.367 e. The fraction of sp³-hybridized carbons (Fsp3) is 0.297. The molecule has 0 saturated heterocycles. The zero-order valence-corrected chi connectivity index (χ0v) is 31.1. The molecule has 0 unspecified atom stereocenters. The molecule has 3 heterocycles. The number of phosphoric acid groups is 3. The molecule has 0 aromatic heterocycles. The van der Waals surface area contributed by atoms with Crippen LogP contribution in [0.3, 0.4) is 0 Å². The Morgan fingerprint density at radius 1 is 0.434 bits per heavy atom. The number of rotatable bonds is 9. The number of fused-ring (bicyclic) bond motifs is 3. The zero-order valence-electron chi connectivity index (χ0n) is 28.4. The molecule has 0 amide bonds. The summed E-state index contributed by atoms with van der Waals surface area (Å²) in [5.41, 5.74) is 5.46. The van der Waals surface area contributed by atoms with Gasteiger partial charge in [-0.3, -0.25) is 40.7 Å². The third-order valence-corrected chi connectivity index (χ3v) is 13.3. The van der Waals surface area contributed by atoms with Gasteiger partial charge in [-0.1, -0.05) is 115 Å². The van der Waals surface area contributed by atoms with Crippen molar-refractivity contribution in [2.24, 2.45) is 0 Å². The number of benzene rings is 4. The van der Waals surface area contributed by atoms with Gasteiger partial charge in [-0.05, 0) is 38.9 Å². The van der Waals surface area contributed by atoms with E-state index in [4.69, 9.17) is 45.5 Å². The molecule has 4 aliphatic rings. The van der Waals surface area contributed by atoms with E-state index in [9.17, 15) is 13.7 Å². The van der Waals surface area contributed by atoms with Crippen molar-refractivity contribution in [3.63, 3.8) is 0 Å². The van der Waals surface area contributed by atoms with Crippen LogP contribution in [-0.4, -0.2) is 24.4 Å². The molecule has 278 valence electrons. The van der Waals surface area contributed by atoms with E-state index < -0.39 is 47.9 Å². The van der Waals surface area contributed by atoms with Crippen LogP contribution in [0.5, 0.6) is 0 Å². The van der Waals surface area contributed by atoms with Gasteiger partial charge in [0.15, 0.2) is 0 Å². The van der Waals surface area contributed by atoms with Gasteiger partial charge in [0.05, 0.1) is 46.2 Å². The van der Waals surface area contributed by atoms with Crippen molar-refractivity contribution in [3.05, 3.63) is 154 Å². The molecule has 0 N–H and O–H groups in total. The fourth-order valence-electron chi connectivity index (χ4n) is 6.21. The maximum atomic E-state index is 14.4. The lowest BCUT2D eigenvalue weighted by Crippen LogP contribution is -2.50. The van der Waals surface area contributed by atoms with E-state index in [0.29, 0.717) is 0 Å². The van der Waals surface area contributed by atoms with Gasteiger partial charge < -0.3 is 4.74 Å². The molecular formula is C37H37O13P3. The maximum absolute atomic E-state index is 14.4. The number of phosphoric ester groups is 3. The summed E-state index contributed by atoms with van der Waals surface area (Å²) in [4.78, 5) is 0. The SMILES string of the molecule is O=P1(O[C@@H]2[C@@H](OP3(=O)OCc4ccccc4CO3)[C@H](OP3(=O)OCc4ccccc4CO3)C=C[C@H]2OCc2ccccc2)OCc2ccccc2CO1. The quantitative estimate of drug-likeness (QED) is 0.118. The van der Waals surface area contributed by atoms with Crippen molar-refractivity contribution < 1.29 is 59.1 Å². The average molecular weight is 783 g/mol. The highest BCUT2D eigenvalue weighted by molar-refractivity contribution is 7.49. The van der Waals surface area contributed by atoms with E-state index >= 15 is 0 Å². The molecule has 0 radical (unpaired) electrons. The Morgan fingerprint density at radius 3 is 1.15 bits per heavy atom. The predicted octanol–water partition coefficient (Wildman–Crippen LogP) is 8.86. The highest BCUT2D eigenvalue weighted by Gasteiger charge is 2.51. The van der Waals surface area contributed by atoms with Crippen LogP contribution in [0.1, 0.15) is 38.9 Å². The molecule has 4 atom stereocenters. The third-order valence-electron chi connectivity index (χ3n) is 9.12. The second kappa shape index (κ2) is 15.9. The van der Waals surface area contributed by atoms with Crippen LogP contribution in [0.15, 0.2) is 115 Å². The van der Waals surface area contributed by atoms with E-state index in [-0.39, 0.29) is 46.2 Å². The molecule has 53 heavy (non-hydrogen) atoms. The lowest BCUT2D eigenvalue weighted by atomic mass is 9.96. The van der Waals surface area contributed by atoms with Crippen LogP contribution in [0, 0.1) is 0 Å². The highest BCUT2D eigenvalue weighted by atomic mass is 31.2. The second-order valence-corrected chi connectivity index (χ2v) is 17.5. The lowest BCUT2D eigenvalue weighted by Gasteiger charge is -2.40. The average Bonchev–Trinajstić information content (AvgIpc) is 3.55. The van der Waals surface area contributed by atoms with E-state index in [1.54, 1.807) is 6.08 Å². The van der Waals surface area contributed by atoms with Gasteiger partial charge in [-0.2, -0.15) is 0 Å². The molecule has 16 heteroatoms. The summed E-state index contributed by atoms with van der Waals surface area (Å²) in [7, 11) is -13.2. The Labute approximate surface area is 306 Å². The van der Waals surface area contributed by atoms with Crippen LogP contribution < -0.4 is 0 Å². The molecule has 0 saturated carbocycles. The normalized spacial score (nSPS) is 25.8. The minimum Gasteiger partial charge on any atom is -0.367 e. The van der Waals surface area contributed by atoms with Gasteiger partial charge >= 0.3 is 23.5 Å². The molecule has 8 rings (SSSR count). The van der Waals surface area contributed by atoms with Crippen LogP contribution >= 0.6 is 23.5 Å². The monoisotopic (exact) mass is 782 g/mol. The Balaban J connectivity index is 1.13. The minimum absolute atomic E-state index is 0.0570. The van der Waals surface area contributed by atoms with Crippen LogP contribution in [0.25, 0.3) is 0 Å². The molecule has 3 aliphatic heterocycles. The first-order chi connectivity index (χ1) is 25.8. The first kappa shape index (κ1) is 36.9. The third kappa shape index (κ3) is 8.75. The number of hydrogen-bond donors (Lipinski definition) is 0. The predicted molar refractivity (Wildman–Crippen MR) is 190 cm³/mol. The summed E-state index contributed by atoms with van der Waals surface area (Å²) in [5, 5.41) is 0. The van der Waals surface area contributed by atoms with Crippen LogP contribution in [-0.2, 0) is 105 Å². The van der Waals surface area contributed by atoms with Gasteiger partial charge in [-0.15, -0.1) is 0 Å². The topological polar surface area (TPSA) is 144 Å². The summed E-state index contributed by atoms with van der Waals surface area (Å²) in [6, 6.07) is 31.4. The van der Waals surface area contributed by atoms with Crippen molar-refractivity contribution in [2.75, 3.05) is 0 Å². The standard InChI is InChI=1S/C37H37O13P3/c38-51(42-21-28-12-4-5-13-29(28)22-43-51)48-35-19-18-34(41-20-27-10-2-1-3-11-27)36(49-52(39)44-23-30-14-6-7-15-31(30)24-45-52)37(35)50-53(40)46-25-32-16-8-9-17-33(32)26-47-53/h1-19,34-37H,20-26H2/t34-,35-,36+,37+/m1/s1. The summed E-state index contributed by atoms with van der Waals surface area (Å²) < 4.78 is 103. The Morgan fingerprint density at radius 2 is 0.755 bits per heavy atom. The molecule has 0 bridgehead atoms. The summed E-state index contributed by atoms with van der Waals surface area (Å²) in [6.07, 6.45) is -2.18. The molecule has 4 aromatic carbocycles. The summed E-state index contributed by atoms with van der Waals surface area (Å²) >= 11 is 0. The van der Waals surface area contributed by atoms with Crippen LogP contribution in [0.2, 0.25) is 0 Å². The van der Waals surface area contributed by atoms with Crippen molar-refractivity contribution >= 4 is 23.5 Å². The van der Waals surface area contributed by atoms with E-state index in [1.807, 2.05) is 103 Å². The van der Waals surface area contributed by atoms with E-state index in [2.05, 4.69) is 0 Å². The van der Waals surface area contributed by atoms with Gasteiger partial charge in [0, 0.05) is 0 Å². The molecular weight excluding hydrogens is 745 g/mol. The molecule has 0 spiro atoms. The molecule has 1 aliphatic carbocycles. The van der Waals surface area contributed by atoms with Gasteiger partial charge in [0.2, 0.25) is 0 Å². The Hall–Kier alpha value is -3.09. The first-order valence-corrected chi connectivity index (χ1v) is 21.4. The number of ether oxygens (including phenoxy) is 1. The van der Waals surface area contributed by atoms with E-state index in [0.717, 1.165) is 38.9 Å². The molecule has 0 fully saturated rings. The molecule has 13 nitrogen and oxygen atoms in total. The second-order valence-electron chi connectivity index (χ2n) is 12.6. The summed E-state index contributed by atoms with van der Waals surface area (Å²) in [6.45, 7) is -0.333. The molecule has 4 aromatic rings. The van der Waals surface area contributed by atoms with Crippen molar-refractivity contribution in [3.8, 4) is 0 Å². The fourth-order valence-corrected chi connectivity index (χ4v) is 10.2. The van der Waals surface area contributed by atoms with Crippen molar-refractivity contribution in [1.29, 1.82) is 0 Å². The Kier molecular flexibility index (Phi) is 11.1. The van der Waals surface area contributed by atoms with Gasteiger partial charge in [-0.25, -0.2) is 13.7 Å². The Bertz CT molecular complexity index is 2000. The van der Waals surface area contributed by atoms with E-state index in [1.165, 1.54) is 6.08 Å². The minimum atomic E-state index is -4.44. The zero-order chi connectivity index (χ0) is 36.3. The highest BCUT2D eigenvalue weighted by Crippen LogP contribution is 2.61. The van der Waals surface area contributed by atoms with Crippen LogP contribution in [0.4, 0.5) is 0 Å². The summed E-state index contributed by atoms with van der Waals surface area (Å²) in [5.74, 6) is 0. The first-order valence-electron chi connectivity index (χ1n) is 17.0. The number of hydrogen-bond acceptors (Lipinski definition) is 13. The largest absolute Gasteiger partial charge is 0.476 e. The van der Waals surface area contributed by atoms with Crippen molar-refractivity contribution in [2.45, 2.75) is 70.7 Å². The van der Waals surface area contributed by atoms with Gasteiger partial charge in [0.25, 0.3) is 0 Å². The maximum Gasteiger partial charge on any atom is 0.476 e. The van der Waals surface area contributed by atoms with Crippen molar-refractivity contribution in [1.82, 2.24) is 0 Å². The lowest BCUT2D eigenvalue weighted by molar-refractivity contribution is -0.111.